The van der Waals surface area contributed by atoms with Gasteiger partial charge < -0.3 is 4.74 Å². The maximum atomic E-state index is 13.0. The Bertz CT molecular complexity index is 1160. The van der Waals surface area contributed by atoms with Gasteiger partial charge in [0.25, 0.3) is 5.91 Å². The van der Waals surface area contributed by atoms with Gasteiger partial charge in [-0.2, -0.15) is 0 Å². The summed E-state index contributed by atoms with van der Waals surface area (Å²) in [5.74, 6) is 2.72. The molecule has 0 aromatic heterocycles. The third-order valence-corrected chi connectivity index (χ3v) is 7.74. The van der Waals surface area contributed by atoms with E-state index in [1.165, 1.54) is 0 Å². The molecule has 0 heterocycles. The lowest BCUT2D eigenvalue weighted by atomic mass is 9.85. The lowest BCUT2D eigenvalue weighted by Gasteiger charge is -2.38. The second-order valence-electron chi connectivity index (χ2n) is 7.52. The van der Waals surface area contributed by atoms with Crippen molar-refractivity contribution >= 4 is 15.7 Å². The average molecular weight is 450 g/mol. The first-order valence-electron chi connectivity index (χ1n) is 10.4. The standard InChI is InChI=1S/C26H27NO4S/c1-3-32(29,30)24(22-12-6-4-7-13-22)26(31-2)18-16-21(17-19-26)11-10-20-27-25(28)23-14-8-5-9-15-23/h4-9,12-18,24H,3,11,19H2,1-2H3,(H,27,28). The molecule has 0 aliphatic heterocycles. The molecule has 0 saturated heterocycles. The molecule has 1 aliphatic carbocycles. The summed E-state index contributed by atoms with van der Waals surface area (Å²) in [7, 11) is -1.89. The van der Waals surface area contributed by atoms with Crippen LogP contribution >= 0.6 is 0 Å². The number of amides is 1. The molecule has 1 amide bonds. The Morgan fingerprint density at radius 2 is 1.78 bits per heavy atom. The Kier molecular flexibility index (Phi) is 7.68. The van der Waals surface area contributed by atoms with Crippen molar-refractivity contribution in [3.05, 3.63) is 95.6 Å². The number of carbonyl (C=O) groups is 1. The Morgan fingerprint density at radius 1 is 1.12 bits per heavy atom. The van der Waals surface area contributed by atoms with E-state index in [1.54, 1.807) is 38.3 Å². The second-order valence-corrected chi connectivity index (χ2v) is 9.89. The summed E-state index contributed by atoms with van der Waals surface area (Å²) < 4.78 is 31.9. The summed E-state index contributed by atoms with van der Waals surface area (Å²) in [5.41, 5.74) is 1.21. The Morgan fingerprint density at radius 3 is 2.34 bits per heavy atom. The van der Waals surface area contributed by atoms with Crippen LogP contribution in [0.25, 0.3) is 0 Å². The molecule has 2 atom stereocenters. The van der Waals surface area contributed by atoms with Crippen molar-refractivity contribution in [3.8, 4) is 12.0 Å². The second kappa shape index (κ2) is 10.4. The van der Waals surface area contributed by atoms with Crippen LogP contribution < -0.4 is 5.32 Å². The highest BCUT2D eigenvalue weighted by atomic mass is 32.2. The van der Waals surface area contributed by atoms with E-state index in [-0.39, 0.29) is 11.7 Å². The minimum absolute atomic E-state index is 0.0225. The Labute approximate surface area is 190 Å². The minimum Gasteiger partial charge on any atom is -0.372 e. The van der Waals surface area contributed by atoms with Crippen LogP contribution in [-0.2, 0) is 14.6 Å². The largest absolute Gasteiger partial charge is 0.372 e. The van der Waals surface area contributed by atoms with Gasteiger partial charge in [0.05, 0.1) is 0 Å². The van der Waals surface area contributed by atoms with E-state index >= 15 is 0 Å². The fourth-order valence-corrected chi connectivity index (χ4v) is 5.54. The van der Waals surface area contributed by atoms with Gasteiger partial charge in [0, 0.05) is 37.3 Å². The average Bonchev–Trinajstić information content (AvgIpc) is 2.84. The molecule has 32 heavy (non-hydrogen) atoms. The number of allylic oxidation sites excluding steroid dienone is 2. The molecule has 2 aromatic rings. The van der Waals surface area contributed by atoms with Crippen LogP contribution in [0.1, 0.15) is 40.9 Å². The van der Waals surface area contributed by atoms with Gasteiger partial charge in [0.15, 0.2) is 9.84 Å². The van der Waals surface area contributed by atoms with Crippen LogP contribution in [0.15, 0.2) is 84.5 Å². The molecular formula is C26H27NO4S. The van der Waals surface area contributed by atoms with Gasteiger partial charge in [-0.15, -0.1) is 0 Å². The Hall–Kier alpha value is -3.14. The predicted octanol–water partition coefficient (Wildman–Crippen LogP) is 4.21. The van der Waals surface area contributed by atoms with Crippen LogP contribution in [0.4, 0.5) is 0 Å². The number of sulfone groups is 1. The number of methoxy groups -OCH3 is 1. The number of hydrogen-bond donors (Lipinski definition) is 1. The molecule has 6 heteroatoms. The summed E-state index contributed by atoms with van der Waals surface area (Å²) >= 11 is 0. The van der Waals surface area contributed by atoms with E-state index in [9.17, 15) is 13.2 Å². The quantitative estimate of drug-likeness (QED) is 0.508. The highest BCUT2D eigenvalue weighted by molar-refractivity contribution is 7.91. The molecule has 2 aromatic carbocycles. The molecule has 0 bridgehead atoms. The number of ether oxygens (including phenoxy) is 1. The zero-order valence-corrected chi connectivity index (χ0v) is 19.1. The van der Waals surface area contributed by atoms with Gasteiger partial charge >= 0.3 is 0 Å². The number of hydrogen-bond acceptors (Lipinski definition) is 4. The molecule has 3 rings (SSSR count). The molecule has 1 N–H and O–H groups in total. The van der Waals surface area contributed by atoms with E-state index in [4.69, 9.17) is 4.74 Å². The minimum atomic E-state index is -3.44. The molecule has 0 saturated carbocycles. The van der Waals surface area contributed by atoms with Crippen molar-refractivity contribution in [2.45, 2.75) is 30.6 Å². The first kappa shape index (κ1) is 23.5. The van der Waals surface area contributed by atoms with Crippen molar-refractivity contribution in [2.75, 3.05) is 12.9 Å². The van der Waals surface area contributed by atoms with Crippen molar-refractivity contribution < 1.29 is 17.9 Å². The van der Waals surface area contributed by atoms with Crippen molar-refractivity contribution in [3.63, 3.8) is 0 Å². The van der Waals surface area contributed by atoms with Crippen LogP contribution in [0, 0.1) is 12.0 Å². The molecule has 0 spiro atoms. The molecule has 0 fully saturated rings. The topological polar surface area (TPSA) is 72.5 Å². The van der Waals surface area contributed by atoms with E-state index in [0.29, 0.717) is 24.0 Å². The van der Waals surface area contributed by atoms with Crippen LogP contribution in [0.3, 0.4) is 0 Å². The smallest absolute Gasteiger partial charge is 0.262 e. The molecule has 2 unspecified atom stereocenters. The van der Waals surface area contributed by atoms with Crippen LogP contribution in [-0.4, -0.2) is 32.8 Å². The zero-order chi connectivity index (χ0) is 23.0. The van der Waals surface area contributed by atoms with Crippen molar-refractivity contribution in [2.24, 2.45) is 0 Å². The van der Waals surface area contributed by atoms with Gasteiger partial charge in [-0.05, 0) is 23.3 Å². The van der Waals surface area contributed by atoms with E-state index in [2.05, 4.69) is 17.3 Å². The summed E-state index contributed by atoms with van der Waals surface area (Å²) in [5, 5.41) is 1.77. The fourth-order valence-electron chi connectivity index (χ4n) is 3.76. The van der Waals surface area contributed by atoms with Crippen LogP contribution in [0.5, 0.6) is 0 Å². The summed E-state index contributed by atoms with van der Waals surface area (Å²) in [6, 6.07) is 20.8. The molecule has 5 nitrogen and oxygen atoms in total. The first-order valence-corrected chi connectivity index (χ1v) is 12.2. The maximum absolute atomic E-state index is 13.0. The normalized spacial score (nSPS) is 18.8. The Balaban J connectivity index is 1.73. The summed E-state index contributed by atoms with van der Waals surface area (Å²) in [6.45, 7) is 1.65. The SMILES string of the molecule is CCS(=O)(=O)C(c1ccccc1)C1(OC)C=CC(CC#CNC(=O)c2ccccc2)=CC1. The van der Waals surface area contributed by atoms with Crippen molar-refractivity contribution in [1.29, 1.82) is 0 Å². The third-order valence-electron chi connectivity index (χ3n) is 5.54. The van der Waals surface area contributed by atoms with E-state index < -0.39 is 20.7 Å². The number of benzene rings is 2. The van der Waals surface area contributed by atoms with E-state index in [0.717, 1.165) is 5.57 Å². The van der Waals surface area contributed by atoms with Gasteiger partial charge in [-0.1, -0.05) is 79.6 Å². The number of nitrogens with one attached hydrogen (secondary N) is 1. The first-order chi connectivity index (χ1) is 15.4. The zero-order valence-electron chi connectivity index (χ0n) is 18.2. The highest BCUT2D eigenvalue weighted by Gasteiger charge is 2.45. The van der Waals surface area contributed by atoms with Gasteiger partial charge in [0.2, 0.25) is 0 Å². The molecule has 1 aliphatic rings. The summed E-state index contributed by atoms with van der Waals surface area (Å²) in [4.78, 5) is 12.0. The lowest BCUT2D eigenvalue weighted by Crippen LogP contribution is -2.42. The van der Waals surface area contributed by atoms with Gasteiger partial charge in [-0.3, -0.25) is 10.1 Å². The van der Waals surface area contributed by atoms with E-state index in [1.807, 2.05) is 54.6 Å². The molecule has 166 valence electrons. The number of carbonyl (C=O) groups excluding carboxylic acids is 1. The van der Waals surface area contributed by atoms with Crippen molar-refractivity contribution in [1.82, 2.24) is 5.32 Å². The summed E-state index contributed by atoms with van der Waals surface area (Å²) in [6.07, 6.45) is 6.49. The highest BCUT2D eigenvalue weighted by Crippen LogP contribution is 2.42. The third kappa shape index (κ3) is 5.37. The molecule has 0 radical (unpaired) electrons. The predicted molar refractivity (Wildman–Crippen MR) is 127 cm³/mol. The van der Waals surface area contributed by atoms with Crippen LogP contribution in [0.2, 0.25) is 0 Å². The monoisotopic (exact) mass is 449 g/mol. The lowest BCUT2D eigenvalue weighted by molar-refractivity contribution is 0.0290. The van der Waals surface area contributed by atoms with Gasteiger partial charge in [-0.25, -0.2) is 8.42 Å². The van der Waals surface area contributed by atoms with Gasteiger partial charge in [0.1, 0.15) is 10.9 Å². The molecular weight excluding hydrogens is 422 g/mol. The maximum Gasteiger partial charge on any atom is 0.262 e. The fraction of sp³-hybridized carbons (Fsp3) is 0.269. The number of rotatable bonds is 7.